The maximum atomic E-state index is 13.0. The van der Waals surface area contributed by atoms with Crippen LogP contribution in [0, 0.1) is 5.82 Å². The van der Waals surface area contributed by atoms with E-state index >= 15 is 0 Å². The van der Waals surface area contributed by atoms with Gasteiger partial charge in [-0.05, 0) is 62.4 Å². The van der Waals surface area contributed by atoms with Gasteiger partial charge in [0, 0.05) is 11.3 Å². The molecule has 2 aromatic carbocycles. The van der Waals surface area contributed by atoms with E-state index in [1.165, 1.54) is 50.2 Å². The summed E-state index contributed by atoms with van der Waals surface area (Å²) in [6, 6.07) is 11.8. The molecule has 3 rings (SSSR count). The second-order valence-corrected chi connectivity index (χ2v) is 7.64. The number of carboxylic acids is 1. The van der Waals surface area contributed by atoms with Gasteiger partial charge < -0.3 is 20.9 Å². The Labute approximate surface area is 170 Å². The summed E-state index contributed by atoms with van der Waals surface area (Å²) >= 11 is 1.08. The molecule has 3 aromatic rings. The first-order valence-corrected chi connectivity index (χ1v) is 9.33. The number of hydrogen-bond acceptors (Lipinski definition) is 7. The molecule has 0 aliphatic carbocycles. The number of thiazole rings is 1. The quantitative estimate of drug-likeness (QED) is 0.498. The molecular formula is C20H18FN3O4S. The van der Waals surface area contributed by atoms with Crippen molar-refractivity contribution in [1.82, 2.24) is 4.98 Å². The largest absolute Gasteiger partial charge is 0.478 e. The van der Waals surface area contributed by atoms with Crippen LogP contribution in [0.5, 0.6) is 5.75 Å². The van der Waals surface area contributed by atoms with E-state index in [-0.39, 0.29) is 22.3 Å². The van der Waals surface area contributed by atoms with Gasteiger partial charge in [-0.2, -0.15) is 0 Å². The zero-order valence-corrected chi connectivity index (χ0v) is 16.4. The minimum Gasteiger partial charge on any atom is -0.478 e. The number of ether oxygens (including phenoxy) is 1. The van der Waals surface area contributed by atoms with Gasteiger partial charge in [0.2, 0.25) is 5.78 Å². The molecule has 0 atom stereocenters. The summed E-state index contributed by atoms with van der Waals surface area (Å²) in [5.41, 5.74) is 5.47. The molecule has 0 fully saturated rings. The van der Waals surface area contributed by atoms with Crippen LogP contribution in [-0.4, -0.2) is 27.4 Å². The zero-order chi connectivity index (χ0) is 21.2. The van der Waals surface area contributed by atoms with Gasteiger partial charge in [0.1, 0.15) is 22.3 Å². The third-order valence-electron chi connectivity index (χ3n) is 3.96. The van der Waals surface area contributed by atoms with Crippen LogP contribution in [-0.2, 0) is 4.79 Å². The number of halogens is 1. The summed E-state index contributed by atoms with van der Waals surface area (Å²) < 4.78 is 18.4. The first-order chi connectivity index (χ1) is 13.7. The number of nitrogens with zero attached hydrogens (tertiary/aromatic N) is 1. The first kappa shape index (κ1) is 20.3. The summed E-state index contributed by atoms with van der Waals surface area (Å²) in [5.74, 6) is -1.38. The first-order valence-electron chi connectivity index (χ1n) is 8.52. The van der Waals surface area contributed by atoms with Crippen LogP contribution in [0.15, 0.2) is 48.5 Å². The van der Waals surface area contributed by atoms with E-state index in [4.69, 9.17) is 15.6 Å². The monoisotopic (exact) mass is 415 g/mol. The van der Waals surface area contributed by atoms with Gasteiger partial charge in [0.25, 0.3) is 0 Å². The van der Waals surface area contributed by atoms with Gasteiger partial charge in [0.15, 0.2) is 10.7 Å². The fourth-order valence-electron chi connectivity index (χ4n) is 2.35. The molecule has 150 valence electrons. The molecule has 0 spiro atoms. The van der Waals surface area contributed by atoms with Gasteiger partial charge in [-0.15, -0.1) is 0 Å². The molecule has 0 bridgehead atoms. The number of aromatic nitrogens is 1. The Morgan fingerprint density at radius 3 is 2.34 bits per heavy atom. The topological polar surface area (TPSA) is 115 Å². The van der Waals surface area contributed by atoms with Gasteiger partial charge in [-0.3, -0.25) is 4.79 Å². The summed E-state index contributed by atoms with van der Waals surface area (Å²) in [5, 5.41) is 12.5. The smallest absolute Gasteiger partial charge is 0.347 e. The highest BCUT2D eigenvalue weighted by molar-refractivity contribution is 7.18. The predicted molar refractivity (Wildman–Crippen MR) is 108 cm³/mol. The van der Waals surface area contributed by atoms with Crippen molar-refractivity contribution in [2.45, 2.75) is 19.4 Å². The lowest BCUT2D eigenvalue weighted by molar-refractivity contribution is -0.152. The Morgan fingerprint density at radius 2 is 1.76 bits per heavy atom. The Morgan fingerprint density at radius 1 is 1.14 bits per heavy atom. The van der Waals surface area contributed by atoms with E-state index in [9.17, 15) is 14.0 Å². The maximum Gasteiger partial charge on any atom is 0.347 e. The van der Waals surface area contributed by atoms with Crippen molar-refractivity contribution in [1.29, 1.82) is 0 Å². The minimum absolute atomic E-state index is 0.0805. The average molecular weight is 415 g/mol. The lowest BCUT2D eigenvalue weighted by atomic mass is 10.1. The van der Waals surface area contributed by atoms with E-state index in [2.05, 4.69) is 10.3 Å². The molecule has 0 unspecified atom stereocenters. The fraction of sp³-hybridized carbons (Fsp3) is 0.150. The summed E-state index contributed by atoms with van der Waals surface area (Å²) in [7, 11) is 0. The average Bonchev–Trinajstić information content (AvgIpc) is 3.03. The Kier molecular flexibility index (Phi) is 5.51. The highest BCUT2D eigenvalue weighted by Gasteiger charge is 2.29. The molecule has 9 heteroatoms. The number of hydrogen-bond donors (Lipinski definition) is 3. The molecule has 29 heavy (non-hydrogen) atoms. The van der Waals surface area contributed by atoms with Gasteiger partial charge in [-0.1, -0.05) is 11.3 Å². The Bertz CT molecular complexity index is 1050. The third kappa shape index (κ3) is 4.69. The zero-order valence-electron chi connectivity index (χ0n) is 15.6. The van der Waals surface area contributed by atoms with E-state index < -0.39 is 11.6 Å². The van der Waals surface area contributed by atoms with Crippen molar-refractivity contribution in [3.63, 3.8) is 0 Å². The van der Waals surface area contributed by atoms with Crippen LogP contribution in [0.25, 0.3) is 0 Å². The fourth-order valence-corrected chi connectivity index (χ4v) is 3.22. The SMILES string of the molecule is CC(C)(Oc1ccc(C(=O)c2sc(Nc3ccc(F)cc3)nc2N)cc1)C(=O)O. The highest BCUT2D eigenvalue weighted by atomic mass is 32.1. The number of nitrogens with one attached hydrogen (secondary N) is 1. The number of aliphatic carboxylic acids is 1. The molecule has 4 N–H and O–H groups in total. The van der Waals surface area contributed by atoms with E-state index in [1.807, 2.05) is 0 Å². The van der Waals surface area contributed by atoms with Crippen molar-refractivity contribution in [3.8, 4) is 5.75 Å². The van der Waals surface area contributed by atoms with Crippen LogP contribution in [0.3, 0.4) is 0 Å². The molecular weight excluding hydrogens is 397 g/mol. The molecule has 1 aromatic heterocycles. The van der Waals surface area contributed by atoms with E-state index in [0.717, 1.165) is 11.3 Å². The number of benzene rings is 2. The van der Waals surface area contributed by atoms with E-state index in [0.29, 0.717) is 22.1 Å². The maximum absolute atomic E-state index is 13.0. The highest BCUT2D eigenvalue weighted by Crippen LogP contribution is 2.30. The number of anilines is 3. The number of nitrogen functional groups attached to an aromatic ring is 1. The van der Waals surface area contributed by atoms with Crippen LogP contribution < -0.4 is 15.8 Å². The minimum atomic E-state index is -1.39. The number of carbonyl (C=O) groups is 2. The molecule has 0 radical (unpaired) electrons. The molecule has 1 heterocycles. The predicted octanol–water partition coefficient (Wildman–Crippen LogP) is 4.08. The lowest BCUT2D eigenvalue weighted by Gasteiger charge is -2.21. The molecule has 0 saturated heterocycles. The number of nitrogens with two attached hydrogens (primary N) is 1. The van der Waals surface area contributed by atoms with Crippen LogP contribution in [0.2, 0.25) is 0 Å². The summed E-state index contributed by atoms with van der Waals surface area (Å²) in [4.78, 5) is 28.3. The van der Waals surface area contributed by atoms with Crippen molar-refractivity contribution < 1.29 is 23.8 Å². The number of ketones is 1. The number of carboxylic acid groups (broad SMARTS) is 1. The molecule has 0 amide bonds. The summed E-state index contributed by atoms with van der Waals surface area (Å²) in [6.07, 6.45) is 0. The van der Waals surface area contributed by atoms with Crippen molar-refractivity contribution in [2.24, 2.45) is 0 Å². The summed E-state index contributed by atoms with van der Waals surface area (Å²) in [6.45, 7) is 2.87. The third-order valence-corrected chi connectivity index (χ3v) is 4.95. The van der Waals surface area contributed by atoms with Gasteiger partial charge >= 0.3 is 5.97 Å². The van der Waals surface area contributed by atoms with Crippen LogP contribution >= 0.6 is 11.3 Å². The Balaban J connectivity index is 1.75. The standard InChI is InChI=1S/C20H18FN3O4S/c1-20(2,18(26)27)28-14-9-3-11(4-10-14)15(25)16-17(22)24-19(29-16)23-13-7-5-12(21)6-8-13/h3-10H,22H2,1-2H3,(H,23,24)(H,26,27). The van der Waals surface area contributed by atoms with E-state index in [1.54, 1.807) is 12.1 Å². The molecule has 7 nitrogen and oxygen atoms in total. The second-order valence-electron chi connectivity index (χ2n) is 6.64. The number of rotatable bonds is 7. The number of carbonyl (C=O) groups excluding carboxylic acids is 1. The normalized spacial score (nSPS) is 11.1. The second kappa shape index (κ2) is 7.88. The van der Waals surface area contributed by atoms with Crippen molar-refractivity contribution in [3.05, 3.63) is 64.8 Å². The molecule has 0 aliphatic heterocycles. The molecule has 0 saturated carbocycles. The van der Waals surface area contributed by atoms with Crippen LogP contribution in [0.4, 0.5) is 21.0 Å². The lowest BCUT2D eigenvalue weighted by Crippen LogP contribution is -2.37. The Hall–Kier alpha value is -3.46. The van der Waals surface area contributed by atoms with Gasteiger partial charge in [0.05, 0.1) is 0 Å². The molecule has 0 aliphatic rings. The van der Waals surface area contributed by atoms with Gasteiger partial charge in [-0.25, -0.2) is 14.2 Å². The van der Waals surface area contributed by atoms with Crippen molar-refractivity contribution >= 4 is 39.7 Å². The van der Waals surface area contributed by atoms with Crippen LogP contribution in [0.1, 0.15) is 29.1 Å². The van der Waals surface area contributed by atoms with Crippen molar-refractivity contribution in [2.75, 3.05) is 11.1 Å².